The number of carbonyl (C=O) groups is 1. The molecule has 0 fully saturated rings. The first-order chi connectivity index (χ1) is 12.7. The number of pyridine rings is 1. The van der Waals surface area contributed by atoms with E-state index in [2.05, 4.69) is 4.98 Å². The molecule has 0 aliphatic rings. The molecule has 0 aliphatic carbocycles. The van der Waals surface area contributed by atoms with E-state index in [4.69, 9.17) is 9.47 Å². The summed E-state index contributed by atoms with van der Waals surface area (Å²) in [5.74, 6) is -0.821. The molecule has 4 nitrogen and oxygen atoms in total. The quantitative estimate of drug-likeness (QED) is 0.498. The number of halogens is 1. The van der Waals surface area contributed by atoms with E-state index in [1.165, 1.54) is 25.3 Å². The van der Waals surface area contributed by atoms with Gasteiger partial charge in [-0.15, -0.1) is 0 Å². The van der Waals surface area contributed by atoms with Gasteiger partial charge in [-0.05, 0) is 48.0 Å². The summed E-state index contributed by atoms with van der Waals surface area (Å²) >= 11 is 0. The number of rotatable bonds is 5. The molecule has 3 aromatic rings. The molecule has 0 saturated carbocycles. The molecule has 0 saturated heterocycles. The topological polar surface area (TPSA) is 48.4 Å². The minimum Gasteiger partial charge on any atom is -0.493 e. The summed E-state index contributed by atoms with van der Waals surface area (Å²) in [6.45, 7) is 0. The molecular formula is C21H16FNO3. The number of aromatic nitrogens is 1. The van der Waals surface area contributed by atoms with E-state index >= 15 is 0 Å². The van der Waals surface area contributed by atoms with E-state index in [1.54, 1.807) is 30.5 Å². The van der Waals surface area contributed by atoms with Crippen LogP contribution < -0.4 is 9.47 Å². The van der Waals surface area contributed by atoms with Gasteiger partial charge in [0.2, 0.25) is 0 Å². The molecule has 0 bridgehead atoms. The van der Waals surface area contributed by atoms with Gasteiger partial charge in [0.1, 0.15) is 5.82 Å². The average molecular weight is 349 g/mol. The molecule has 0 spiro atoms. The predicted molar refractivity (Wildman–Crippen MR) is 97.5 cm³/mol. The maximum absolute atomic E-state index is 13.7. The molecule has 0 amide bonds. The highest BCUT2D eigenvalue weighted by molar-refractivity contribution is 5.91. The molecule has 0 aliphatic heterocycles. The van der Waals surface area contributed by atoms with E-state index in [9.17, 15) is 9.18 Å². The van der Waals surface area contributed by atoms with E-state index < -0.39 is 11.8 Å². The molecule has 5 heteroatoms. The Morgan fingerprint density at radius 1 is 1.00 bits per heavy atom. The number of esters is 1. The average Bonchev–Trinajstić information content (AvgIpc) is 2.68. The normalized spacial score (nSPS) is 10.7. The molecule has 130 valence electrons. The lowest BCUT2D eigenvalue weighted by atomic mass is 10.1. The van der Waals surface area contributed by atoms with Crippen LogP contribution in [0, 0.1) is 5.82 Å². The van der Waals surface area contributed by atoms with Crippen LogP contribution in [0.5, 0.6) is 11.5 Å². The lowest BCUT2D eigenvalue weighted by Crippen LogP contribution is -2.11. The van der Waals surface area contributed by atoms with E-state index in [0.29, 0.717) is 5.75 Å². The second-order valence-corrected chi connectivity index (χ2v) is 5.37. The fourth-order valence-corrected chi connectivity index (χ4v) is 2.31. The van der Waals surface area contributed by atoms with Gasteiger partial charge in [-0.3, -0.25) is 4.98 Å². The van der Waals surface area contributed by atoms with Crippen molar-refractivity contribution < 1.29 is 18.7 Å². The van der Waals surface area contributed by atoms with Crippen molar-refractivity contribution in [2.24, 2.45) is 0 Å². The van der Waals surface area contributed by atoms with Crippen LogP contribution in [-0.4, -0.2) is 18.1 Å². The molecule has 0 radical (unpaired) electrons. The molecule has 1 aromatic heterocycles. The highest BCUT2D eigenvalue weighted by Gasteiger charge is 2.15. The van der Waals surface area contributed by atoms with Crippen LogP contribution in [0.2, 0.25) is 0 Å². The Hall–Kier alpha value is -3.47. The molecule has 0 atom stereocenters. The number of benzene rings is 2. The van der Waals surface area contributed by atoms with Gasteiger partial charge in [0.05, 0.1) is 18.4 Å². The predicted octanol–water partition coefficient (Wildman–Crippen LogP) is 4.62. The Balaban J connectivity index is 1.80. The van der Waals surface area contributed by atoms with Crippen molar-refractivity contribution >= 4 is 18.1 Å². The van der Waals surface area contributed by atoms with Crippen molar-refractivity contribution in [3.05, 3.63) is 89.5 Å². The summed E-state index contributed by atoms with van der Waals surface area (Å²) in [5, 5.41) is 0. The zero-order valence-electron chi connectivity index (χ0n) is 14.1. The fourth-order valence-electron chi connectivity index (χ4n) is 2.31. The third-order valence-corrected chi connectivity index (χ3v) is 3.62. The third-order valence-electron chi connectivity index (χ3n) is 3.62. The number of methoxy groups -OCH3 is 1. The largest absolute Gasteiger partial charge is 0.493 e. The van der Waals surface area contributed by atoms with Gasteiger partial charge in [-0.25, -0.2) is 9.18 Å². The van der Waals surface area contributed by atoms with Crippen LogP contribution in [0.4, 0.5) is 4.39 Å². The van der Waals surface area contributed by atoms with Crippen LogP contribution in [0.25, 0.3) is 12.2 Å². The smallest absolute Gasteiger partial charge is 0.346 e. The second kappa shape index (κ2) is 8.07. The fraction of sp³-hybridized carbons (Fsp3) is 0.0476. The van der Waals surface area contributed by atoms with Crippen molar-refractivity contribution in [3.8, 4) is 11.5 Å². The minimum atomic E-state index is -0.779. The summed E-state index contributed by atoms with van der Waals surface area (Å²) in [6.07, 6.45) is 5.44. The molecule has 2 aromatic carbocycles. The van der Waals surface area contributed by atoms with Crippen LogP contribution in [0.15, 0.2) is 66.9 Å². The molecule has 1 heterocycles. The third kappa shape index (κ3) is 4.13. The van der Waals surface area contributed by atoms with Gasteiger partial charge < -0.3 is 9.47 Å². The first kappa shape index (κ1) is 17.4. The summed E-state index contributed by atoms with van der Waals surface area (Å²) < 4.78 is 24.3. The lowest BCUT2D eigenvalue weighted by molar-refractivity contribution is 0.0725. The van der Waals surface area contributed by atoms with E-state index in [0.717, 1.165) is 11.3 Å². The Morgan fingerprint density at radius 3 is 2.54 bits per heavy atom. The molecule has 0 unspecified atom stereocenters. The highest BCUT2D eigenvalue weighted by Crippen LogP contribution is 2.29. The zero-order valence-corrected chi connectivity index (χ0v) is 14.1. The number of carbonyl (C=O) groups excluding carboxylic acids is 1. The molecule has 26 heavy (non-hydrogen) atoms. The van der Waals surface area contributed by atoms with Gasteiger partial charge in [0.15, 0.2) is 11.5 Å². The van der Waals surface area contributed by atoms with Crippen LogP contribution in [0.3, 0.4) is 0 Å². The van der Waals surface area contributed by atoms with Gasteiger partial charge in [0, 0.05) is 6.20 Å². The number of hydrogen-bond acceptors (Lipinski definition) is 4. The summed E-state index contributed by atoms with van der Waals surface area (Å²) in [5.41, 5.74) is 1.54. The van der Waals surface area contributed by atoms with Crippen molar-refractivity contribution in [3.63, 3.8) is 0 Å². The van der Waals surface area contributed by atoms with Gasteiger partial charge in [-0.1, -0.05) is 30.3 Å². The van der Waals surface area contributed by atoms with E-state index in [1.807, 2.05) is 30.4 Å². The molecular weight excluding hydrogens is 333 g/mol. The van der Waals surface area contributed by atoms with Gasteiger partial charge in [-0.2, -0.15) is 0 Å². The van der Waals surface area contributed by atoms with Crippen LogP contribution >= 0.6 is 0 Å². The Bertz CT molecular complexity index is 939. The number of hydrogen-bond donors (Lipinski definition) is 0. The molecule has 0 N–H and O–H groups in total. The summed E-state index contributed by atoms with van der Waals surface area (Å²) in [7, 11) is 1.47. The summed E-state index contributed by atoms with van der Waals surface area (Å²) in [6, 6.07) is 16.4. The maximum Gasteiger partial charge on any atom is 0.346 e. The second-order valence-electron chi connectivity index (χ2n) is 5.37. The number of nitrogens with zero attached hydrogens (tertiary/aromatic N) is 1. The monoisotopic (exact) mass is 349 g/mol. The van der Waals surface area contributed by atoms with Crippen LogP contribution in [-0.2, 0) is 0 Å². The Morgan fingerprint density at radius 2 is 1.81 bits per heavy atom. The van der Waals surface area contributed by atoms with Crippen molar-refractivity contribution in [2.75, 3.05) is 7.11 Å². The van der Waals surface area contributed by atoms with Gasteiger partial charge >= 0.3 is 5.97 Å². The van der Waals surface area contributed by atoms with E-state index in [-0.39, 0.29) is 11.3 Å². The zero-order chi connectivity index (χ0) is 18.4. The Kier molecular flexibility index (Phi) is 5.39. The highest BCUT2D eigenvalue weighted by atomic mass is 19.1. The van der Waals surface area contributed by atoms with Crippen LogP contribution in [0.1, 0.15) is 21.6 Å². The minimum absolute atomic E-state index is 0.131. The Labute approximate surface area is 150 Å². The van der Waals surface area contributed by atoms with Crippen molar-refractivity contribution in [1.29, 1.82) is 0 Å². The van der Waals surface area contributed by atoms with Gasteiger partial charge in [0.25, 0.3) is 0 Å². The molecule has 3 rings (SSSR count). The first-order valence-electron chi connectivity index (χ1n) is 7.91. The van der Waals surface area contributed by atoms with Crippen molar-refractivity contribution in [1.82, 2.24) is 4.98 Å². The SMILES string of the molecule is COc1cc(/C=C/c2ccccn2)ccc1OC(=O)c1ccccc1F. The lowest BCUT2D eigenvalue weighted by Gasteiger charge is -2.10. The first-order valence-corrected chi connectivity index (χ1v) is 7.91. The standard InChI is InChI=1S/C21H16FNO3/c1-25-20-14-15(9-11-16-6-4-5-13-23-16)10-12-19(20)26-21(24)17-7-2-3-8-18(17)22/h2-14H,1H3/b11-9+. The maximum atomic E-state index is 13.7. The number of ether oxygens (including phenoxy) is 2. The van der Waals surface area contributed by atoms with Crippen molar-refractivity contribution in [2.45, 2.75) is 0 Å². The summed E-state index contributed by atoms with van der Waals surface area (Å²) in [4.78, 5) is 16.4.